The van der Waals surface area contributed by atoms with Crippen LogP contribution in [0.15, 0.2) is 45.3 Å². The molecule has 2 N–H and O–H groups in total. The molecule has 0 unspecified atom stereocenters. The van der Waals surface area contributed by atoms with Gasteiger partial charge in [-0.25, -0.2) is 9.78 Å². The Morgan fingerprint density at radius 1 is 1.10 bits per heavy atom. The van der Waals surface area contributed by atoms with Gasteiger partial charge in [-0.1, -0.05) is 22.0 Å². The Morgan fingerprint density at radius 3 is 2.45 bits per heavy atom. The Morgan fingerprint density at radius 2 is 1.80 bits per heavy atom. The van der Waals surface area contributed by atoms with Gasteiger partial charge in [0.05, 0.1) is 5.69 Å². The van der Waals surface area contributed by atoms with E-state index in [1.54, 1.807) is 18.2 Å². The fourth-order valence-corrected chi connectivity index (χ4v) is 2.60. The van der Waals surface area contributed by atoms with Crippen molar-refractivity contribution >= 4 is 49.4 Å². The zero-order valence-electron chi connectivity index (χ0n) is 9.93. The van der Waals surface area contributed by atoms with Crippen LogP contribution in [0.25, 0.3) is 0 Å². The number of carboxylic acid groups (broad SMARTS) is 1. The maximum atomic E-state index is 12.0. The highest BCUT2D eigenvalue weighted by atomic mass is 79.9. The van der Waals surface area contributed by atoms with E-state index in [9.17, 15) is 9.59 Å². The largest absolute Gasteiger partial charge is 0.477 e. The first kappa shape index (κ1) is 14.7. The van der Waals surface area contributed by atoms with Crippen molar-refractivity contribution in [3.05, 3.63) is 56.7 Å². The summed E-state index contributed by atoms with van der Waals surface area (Å²) in [5.74, 6) is -1.65. The van der Waals surface area contributed by atoms with Gasteiger partial charge in [0.1, 0.15) is 11.4 Å². The summed E-state index contributed by atoms with van der Waals surface area (Å²) in [6.45, 7) is 0. The first-order valence-electron chi connectivity index (χ1n) is 5.44. The second-order valence-corrected chi connectivity index (χ2v) is 5.56. The molecule has 1 heterocycles. The van der Waals surface area contributed by atoms with E-state index < -0.39 is 11.9 Å². The third-order valence-electron chi connectivity index (χ3n) is 2.38. The van der Waals surface area contributed by atoms with Gasteiger partial charge in [0.15, 0.2) is 0 Å². The highest BCUT2D eigenvalue weighted by molar-refractivity contribution is 9.11. The van der Waals surface area contributed by atoms with Gasteiger partial charge in [0, 0.05) is 8.95 Å². The first-order chi connectivity index (χ1) is 9.47. The highest BCUT2D eigenvalue weighted by Crippen LogP contribution is 2.26. The van der Waals surface area contributed by atoms with Crippen LogP contribution in [0.3, 0.4) is 0 Å². The van der Waals surface area contributed by atoms with Crippen LogP contribution in [-0.4, -0.2) is 22.0 Å². The number of hydrogen-bond acceptors (Lipinski definition) is 3. The molecule has 0 radical (unpaired) electrons. The summed E-state index contributed by atoms with van der Waals surface area (Å²) < 4.78 is 1.57. The summed E-state index contributed by atoms with van der Waals surface area (Å²) in [5, 5.41) is 11.5. The number of anilines is 1. The van der Waals surface area contributed by atoms with Crippen molar-refractivity contribution in [3.8, 4) is 0 Å². The minimum atomic E-state index is -1.18. The minimum absolute atomic E-state index is 0.0414. The fourth-order valence-electron chi connectivity index (χ4n) is 1.46. The summed E-state index contributed by atoms with van der Waals surface area (Å²) in [6, 6.07) is 9.54. The van der Waals surface area contributed by atoms with E-state index in [0.29, 0.717) is 10.2 Å². The van der Waals surface area contributed by atoms with E-state index in [1.807, 2.05) is 0 Å². The average Bonchev–Trinajstić information content (AvgIpc) is 2.42. The smallest absolute Gasteiger partial charge is 0.354 e. The first-order valence-corrected chi connectivity index (χ1v) is 7.03. The maximum Gasteiger partial charge on any atom is 0.354 e. The van der Waals surface area contributed by atoms with Gasteiger partial charge >= 0.3 is 5.97 Å². The molecule has 1 aromatic heterocycles. The van der Waals surface area contributed by atoms with Crippen LogP contribution < -0.4 is 5.32 Å². The molecule has 1 amide bonds. The molecule has 5 nitrogen and oxygen atoms in total. The number of amides is 1. The van der Waals surface area contributed by atoms with E-state index in [0.717, 1.165) is 4.47 Å². The molecule has 0 saturated heterocycles. The number of rotatable bonds is 3. The second kappa shape index (κ2) is 6.15. The standard InChI is InChI=1S/C13H8Br2N2O3/c14-7-4-5-9(8(15)6-7)17-12(18)10-2-1-3-11(16-10)13(19)20/h1-6H,(H,17,18)(H,19,20). The molecular weight excluding hydrogens is 392 g/mol. The Kier molecular flexibility index (Phi) is 4.51. The number of hydrogen-bond donors (Lipinski definition) is 2. The van der Waals surface area contributed by atoms with Crippen molar-refractivity contribution in [3.63, 3.8) is 0 Å². The van der Waals surface area contributed by atoms with Crippen LogP contribution in [-0.2, 0) is 0 Å². The van der Waals surface area contributed by atoms with E-state index in [2.05, 4.69) is 42.2 Å². The number of nitrogens with one attached hydrogen (secondary N) is 1. The molecule has 2 rings (SSSR count). The fraction of sp³-hybridized carbons (Fsp3) is 0. The lowest BCUT2D eigenvalue weighted by Crippen LogP contribution is -2.15. The van der Waals surface area contributed by atoms with Gasteiger partial charge in [-0.3, -0.25) is 4.79 Å². The molecule has 20 heavy (non-hydrogen) atoms. The number of halogens is 2. The number of nitrogens with zero attached hydrogens (tertiary/aromatic N) is 1. The lowest BCUT2D eigenvalue weighted by atomic mass is 10.2. The summed E-state index contributed by atoms with van der Waals surface area (Å²) in [7, 11) is 0. The van der Waals surface area contributed by atoms with Gasteiger partial charge in [-0.05, 0) is 46.3 Å². The van der Waals surface area contributed by atoms with Crippen LogP contribution in [0.5, 0.6) is 0 Å². The average molecular weight is 400 g/mol. The molecule has 0 aliphatic heterocycles. The number of benzene rings is 1. The van der Waals surface area contributed by atoms with E-state index in [-0.39, 0.29) is 11.4 Å². The zero-order valence-corrected chi connectivity index (χ0v) is 13.1. The zero-order chi connectivity index (χ0) is 14.7. The molecule has 0 aliphatic carbocycles. The molecule has 1 aromatic carbocycles. The highest BCUT2D eigenvalue weighted by Gasteiger charge is 2.12. The van der Waals surface area contributed by atoms with Crippen molar-refractivity contribution in [2.45, 2.75) is 0 Å². The lowest BCUT2D eigenvalue weighted by Gasteiger charge is -2.07. The quantitative estimate of drug-likeness (QED) is 0.826. The molecule has 0 spiro atoms. The molecular formula is C13H8Br2N2O3. The van der Waals surface area contributed by atoms with Crippen molar-refractivity contribution in [1.29, 1.82) is 0 Å². The molecule has 102 valence electrons. The van der Waals surface area contributed by atoms with E-state index in [1.165, 1.54) is 18.2 Å². The van der Waals surface area contributed by atoms with Crippen LogP contribution >= 0.6 is 31.9 Å². The van der Waals surface area contributed by atoms with Crippen molar-refractivity contribution < 1.29 is 14.7 Å². The van der Waals surface area contributed by atoms with Gasteiger partial charge < -0.3 is 10.4 Å². The molecule has 0 bridgehead atoms. The Hall–Kier alpha value is -1.73. The topological polar surface area (TPSA) is 79.3 Å². The number of carbonyl (C=O) groups excluding carboxylic acids is 1. The molecule has 0 aliphatic rings. The molecule has 2 aromatic rings. The third-order valence-corrected chi connectivity index (χ3v) is 3.53. The predicted molar refractivity (Wildman–Crippen MR) is 81.0 cm³/mol. The van der Waals surface area contributed by atoms with Crippen LogP contribution in [0, 0.1) is 0 Å². The Balaban J connectivity index is 2.24. The molecule has 7 heteroatoms. The van der Waals surface area contributed by atoms with Gasteiger partial charge in [0.2, 0.25) is 0 Å². The monoisotopic (exact) mass is 398 g/mol. The summed E-state index contributed by atoms with van der Waals surface area (Å²) in [4.78, 5) is 26.6. The Labute approximate surface area is 131 Å². The second-order valence-electron chi connectivity index (χ2n) is 3.79. The number of aromatic carboxylic acids is 1. The number of aromatic nitrogens is 1. The molecule has 0 saturated carbocycles. The number of pyridine rings is 1. The van der Waals surface area contributed by atoms with Gasteiger partial charge in [-0.15, -0.1) is 0 Å². The predicted octanol–water partition coefficient (Wildman–Crippen LogP) is 3.56. The van der Waals surface area contributed by atoms with E-state index in [4.69, 9.17) is 5.11 Å². The van der Waals surface area contributed by atoms with Crippen molar-refractivity contribution in [1.82, 2.24) is 4.98 Å². The minimum Gasteiger partial charge on any atom is -0.477 e. The number of carboxylic acids is 1. The molecule has 0 fully saturated rings. The van der Waals surface area contributed by atoms with Crippen LogP contribution in [0.4, 0.5) is 5.69 Å². The van der Waals surface area contributed by atoms with E-state index >= 15 is 0 Å². The summed E-state index contributed by atoms with van der Waals surface area (Å²) >= 11 is 6.64. The lowest BCUT2D eigenvalue weighted by molar-refractivity contribution is 0.0690. The molecule has 0 atom stereocenters. The van der Waals surface area contributed by atoms with Crippen LogP contribution in [0.1, 0.15) is 21.0 Å². The third kappa shape index (κ3) is 3.43. The van der Waals surface area contributed by atoms with Crippen LogP contribution in [0.2, 0.25) is 0 Å². The van der Waals surface area contributed by atoms with Crippen molar-refractivity contribution in [2.24, 2.45) is 0 Å². The van der Waals surface area contributed by atoms with Crippen molar-refractivity contribution in [2.75, 3.05) is 5.32 Å². The maximum absolute atomic E-state index is 12.0. The number of carbonyl (C=O) groups is 2. The Bertz CT molecular complexity index is 689. The summed E-state index contributed by atoms with van der Waals surface area (Å²) in [6.07, 6.45) is 0. The SMILES string of the molecule is O=C(O)c1cccc(C(=O)Nc2ccc(Br)cc2Br)n1. The normalized spacial score (nSPS) is 10.1. The summed E-state index contributed by atoms with van der Waals surface area (Å²) in [5.41, 5.74) is 0.438. The van der Waals surface area contributed by atoms with Gasteiger partial charge in [-0.2, -0.15) is 0 Å². The van der Waals surface area contributed by atoms with Gasteiger partial charge in [0.25, 0.3) is 5.91 Å².